The van der Waals surface area contributed by atoms with Gasteiger partial charge in [0.2, 0.25) is 0 Å². The van der Waals surface area contributed by atoms with Crippen molar-refractivity contribution in [1.82, 2.24) is 24.4 Å². The van der Waals surface area contributed by atoms with Gasteiger partial charge in [-0.1, -0.05) is 30.3 Å². The summed E-state index contributed by atoms with van der Waals surface area (Å²) in [6.07, 6.45) is 1.74. The minimum atomic E-state index is -0.185. The summed E-state index contributed by atoms with van der Waals surface area (Å²) in [6, 6.07) is 9.83. The van der Waals surface area contributed by atoms with E-state index in [9.17, 15) is 4.79 Å². The molecule has 1 aromatic carbocycles. The molecule has 1 unspecified atom stereocenters. The van der Waals surface area contributed by atoms with E-state index in [2.05, 4.69) is 14.9 Å². The van der Waals surface area contributed by atoms with E-state index in [0.29, 0.717) is 17.8 Å². The first kappa shape index (κ1) is 16.0. The van der Waals surface area contributed by atoms with Crippen molar-refractivity contribution in [3.8, 4) is 0 Å². The van der Waals surface area contributed by atoms with Crippen molar-refractivity contribution in [2.24, 2.45) is 0 Å². The minimum absolute atomic E-state index is 0.115. The van der Waals surface area contributed by atoms with Gasteiger partial charge in [0, 0.05) is 19.6 Å². The fourth-order valence-electron chi connectivity index (χ4n) is 3.23. The normalized spacial score (nSPS) is 17.0. The third-order valence-electron chi connectivity index (χ3n) is 4.63. The summed E-state index contributed by atoms with van der Waals surface area (Å²) in [5, 5.41) is 0. The summed E-state index contributed by atoms with van der Waals surface area (Å²) in [6.45, 7) is 5.98. The van der Waals surface area contributed by atoms with Crippen molar-refractivity contribution in [3.63, 3.8) is 0 Å². The first-order chi connectivity index (χ1) is 12.2. The molecule has 0 bridgehead atoms. The van der Waals surface area contributed by atoms with Crippen LogP contribution < -0.4 is 5.69 Å². The number of aromatic nitrogens is 4. The Bertz CT molecular complexity index is 912. The Hall–Kier alpha value is -2.51. The second-order valence-electron chi connectivity index (χ2n) is 6.31. The second-order valence-corrected chi connectivity index (χ2v) is 6.31. The topological polar surface area (TPSA) is 76.0 Å². The predicted octanol–water partition coefficient (Wildman–Crippen LogP) is 1.56. The Morgan fingerprint density at radius 3 is 2.76 bits per heavy atom. The molecule has 1 aliphatic rings. The number of ether oxygens (including phenoxy) is 1. The van der Waals surface area contributed by atoms with Crippen molar-refractivity contribution in [1.29, 1.82) is 0 Å². The van der Waals surface area contributed by atoms with Crippen molar-refractivity contribution >= 4 is 11.3 Å². The van der Waals surface area contributed by atoms with E-state index in [1.54, 1.807) is 10.8 Å². The van der Waals surface area contributed by atoms with Crippen molar-refractivity contribution < 1.29 is 4.74 Å². The molecule has 1 N–H and O–H groups in total. The van der Waals surface area contributed by atoms with E-state index in [0.717, 1.165) is 37.6 Å². The van der Waals surface area contributed by atoms with Crippen LogP contribution in [0.3, 0.4) is 0 Å². The SMILES string of the molecule is CC(c1ccccc1)n1c(=O)[nH]c2ncc(CN3CCOCC3)nc21. The number of nitrogens with zero attached hydrogens (tertiary/aromatic N) is 4. The van der Waals surface area contributed by atoms with Crippen LogP contribution in [0.25, 0.3) is 11.3 Å². The highest BCUT2D eigenvalue weighted by molar-refractivity contribution is 5.65. The van der Waals surface area contributed by atoms with Crippen LogP contribution in [0.2, 0.25) is 0 Å². The van der Waals surface area contributed by atoms with E-state index in [1.165, 1.54) is 0 Å². The lowest BCUT2D eigenvalue weighted by Gasteiger charge is -2.26. The number of H-pyrrole nitrogens is 1. The van der Waals surface area contributed by atoms with Gasteiger partial charge in [0.05, 0.1) is 31.1 Å². The molecule has 1 saturated heterocycles. The second kappa shape index (κ2) is 6.78. The molecule has 130 valence electrons. The molecule has 1 aliphatic heterocycles. The number of hydrogen-bond acceptors (Lipinski definition) is 5. The van der Waals surface area contributed by atoms with Gasteiger partial charge in [0.1, 0.15) is 0 Å². The van der Waals surface area contributed by atoms with E-state index in [4.69, 9.17) is 9.72 Å². The van der Waals surface area contributed by atoms with Crippen LogP contribution in [-0.4, -0.2) is 50.7 Å². The zero-order valence-electron chi connectivity index (χ0n) is 14.2. The average molecular weight is 339 g/mol. The van der Waals surface area contributed by atoms with Crippen LogP contribution in [0, 0.1) is 0 Å². The summed E-state index contributed by atoms with van der Waals surface area (Å²) in [5.41, 5.74) is 2.87. The van der Waals surface area contributed by atoms with Crippen molar-refractivity contribution in [2.75, 3.05) is 26.3 Å². The number of benzene rings is 1. The Balaban J connectivity index is 1.70. The molecule has 0 radical (unpaired) electrons. The number of morpholine rings is 1. The summed E-state index contributed by atoms with van der Waals surface area (Å²) in [4.78, 5) is 26.7. The summed E-state index contributed by atoms with van der Waals surface area (Å²) < 4.78 is 7.06. The molecule has 0 saturated carbocycles. The Labute approximate surface area is 145 Å². The van der Waals surface area contributed by atoms with Crippen LogP contribution in [-0.2, 0) is 11.3 Å². The van der Waals surface area contributed by atoms with E-state index >= 15 is 0 Å². The van der Waals surface area contributed by atoms with Crippen LogP contribution in [0.4, 0.5) is 0 Å². The van der Waals surface area contributed by atoms with Crippen LogP contribution in [0.5, 0.6) is 0 Å². The highest BCUT2D eigenvalue weighted by Crippen LogP contribution is 2.19. The lowest BCUT2D eigenvalue weighted by molar-refractivity contribution is 0.0336. The molecule has 3 heterocycles. The van der Waals surface area contributed by atoms with Gasteiger partial charge in [-0.15, -0.1) is 0 Å². The monoisotopic (exact) mass is 339 g/mol. The van der Waals surface area contributed by atoms with Gasteiger partial charge in [-0.25, -0.2) is 14.8 Å². The third kappa shape index (κ3) is 3.20. The first-order valence-electron chi connectivity index (χ1n) is 8.53. The zero-order chi connectivity index (χ0) is 17.2. The largest absolute Gasteiger partial charge is 0.379 e. The number of aromatic amines is 1. The number of imidazole rings is 1. The van der Waals surface area contributed by atoms with E-state index in [-0.39, 0.29) is 11.7 Å². The molecule has 0 aliphatic carbocycles. The minimum Gasteiger partial charge on any atom is -0.379 e. The van der Waals surface area contributed by atoms with Gasteiger partial charge in [-0.3, -0.25) is 14.5 Å². The Kier molecular flexibility index (Phi) is 4.33. The molecule has 0 amide bonds. The molecule has 2 aromatic heterocycles. The molecule has 3 aromatic rings. The summed E-state index contributed by atoms with van der Waals surface area (Å²) in [5.74, 6) is 0. The first-order valence-corrected chi connectivity index (χ1v) is 8.53. The molecule has 25 heavy (non-hydrogen) atoms. The molecule has 7 nitrogen and oxygen atoms in total. The van der Waals surface area contributed by atoms with Gasteiger partial charge in [0.15, 0.2) is 11.3 Å². The highest BCUT2D eigenvalue weighted by Gasteiger charge is 2.18. The molecule has 1 fully saturated rings. The molecule has 1 atom stereocenters. The smallest absolute Gasteiger partial charge is 0.329 e. The standard InChI is InChI=1S/C18H21N5O2/c1-13(14-5-3-2-4-6-14)23-17-16(21-18(23)24)19-11-15(20-17)12-22-7-9-25-10-8-22/h2-6,11,13H,7-10,12H2,1H3,(H,19,21,24). The molecule has 7 heteroatoms. The average Bonchev–Trinajstić information content (AvgIpc) is 2.98. The van der Waals surface area contributed by atoms with Crippen LogP contribution >= 0.6 is 0 Å². The zero-order valence-corrected chi connectivity index (χ0v) is 14.2. The highest BCUT2D eigenvalue weighted by atomic mass is 16.5. The van der Waals surface area contributed by atoms with Crippen molar-refractivity contribution in [3.05, 3.63) is 58.3 Å². The quantitative estimate of drug-likeness (QED) is 0.781. The van der Waals surface area contributed by atoms with Gasteiger partial charge in [0.25, 0.3) is 0 Å². The summed E-state index contributed by atoms with van der Waals surface area (Å²) >= 11 is 0. The fourth-order valence-corrected chi connectivity index (χ4v) is 3.23. The number of hydrogen-bond donors (Lipinski definition) is 1. The maximum absolute atomic E-state index is 12.5. The number of nitrogens with one attached hydrogen (secondary N) is 1. The lowest BCUT2D eigenvalue weighted by Crippen LogP contribution is -2.35. The van der Waals surface area contributed by atoms with E-state index in [1.807, 2.05) is 37.3 Å². The third-order valence-corrected chi connectivity index (χ3v) is 4.63. The van der Waals surface area contributed by atoms with Gasteiger partial charge >= 0.3 is 5.69 Å². The van der Waals surface area contributed by atoms with Crippen LogP contribution in [0.15, 0.2) is 41.3 Å². The van der Waals surface area contributed by atoms with Gasteiger partial charge < -0.3 is 4.74 Å². The molecular formula is C18H21N5O2. The molecule has 0 spiro atoms. The number of rotatable bonds is 4. The maximum Gasteiger partial charge on any atom is 0.329 e. The predicted molar refractivity (Wildman–Crippen MR) is 94.5 cm³/mol. The molecular weight excluding hydrogens is 318 g/mol. The lowest BCUT2D eigenvalue weighted by atomic mass is 10.1. The van der Waals surface area contributed by atoms with Gasteiger partial charge in [-0.05, 0) is 12.5 Å². The Morgan fingerprint density at radius 1 is 1.24 bits per heavy atom. The Morgan fingerprint density at radius 2 is 2.00 bits per heavy atom. The number of fused-ring (bicyclic) bond motifs is 1. The maximum atomic E-state index is 12.5. The molecule has 4 rings (SSSR count). The fraction of sp³-hybridized carbons (Fsp3) is 0.389. The van der Waals surface area contributed by atoms with Crippen LogP contribution in [0.1, 0.15) is 24.2 Å². The summed E-state index contributed by atoms with van der Waals surface area (Å²) in [7, 11) is 0. The van der Waals surface area contributed by atoms with Gasteiger partial charge in [-0.2, -0.15) is 0 Å². The van der Waals surface area contributed by atoms with E-state index < -0.39 is 0 Å². The van der Waals surface area contributed by atoms with Crippen molar-refractivity contribution in [2.45, 2.75) is 19.5 Å².